The van der Waals surface area contributed by atoms with Crippen molar-refractivity contribution in [2.24, 2.45) is 5.73 Å². The lowest BCUT2D eigenvalue weighted by molar-refractivity contribution is -0.126. The normalized spacial score (nSPS) is 19.4. The van der Waals surface area contributed by atoms with Crippen LogP contribution in [-0.4, -0.2) is 34.4 Å². The molecular weight excluding hydrogens is 408 g/mol. The minimum Gasteiger partial charge on any atom is -0.364 e. The van der Waals surface area contributed by atoms with Gasteiger partial charge in [0.05, 0.1) is 16.8 Å². The predicted octanol–water partition coefficient (Wildman–Crippen LogP) is 2.75. The Hall–Kier alpha value is -1.41. The first-order valence-corrected chi connectivity index (χ1v) is 8.86. The molecular formula is C17H22BrClN4O2. The fourth-order valence-electron chi connectivity index (χ4n) is 2.75. The maximum absolute atomic E-state index is 12.2. The van der Waals surface area contributed by atoms with Crippen LogP contribution < -0.4 is 11.1 Å². The minimum atomic E-state index is -0.392. The number of hydrogen-bond acceptors (Lipinski definition) is 4. The van der Waals surface area contributed by atoms with Crippen molar-refractivity contribution < 1.29 is 9.53 Å². The number of nitrogens with one attached hydrogen (secondary N) is 1. The van der Waals surface area contributed by atoms with E-state index in [0.717, 1.165) is 36.0 Å². The molecule has 1 aliphatic rings. The number of halogens is 2. The number of aryl methyl sites for hydroxylation is 2. The van der Waals surface area contributed by atoms with Gasteiger partial charge in [-0.2, -0.15) is 5.10 Å². The van der Waals surface area contributed by atoms with E-state index in [1.54, 1.807) is 6.20 Å². The Bertz CT molecular complexity index is 692. The van der Waals surface area contributed by atoms with Crippen molar-refractivity contribution in [3.8, 4) is 0 Å². The monoisotopic (exact) mass is 428 g/mol. The second kappa shape index (κ2) is 9.33. The van der Waals surface area contributed by atoms with Crippen LogP contribution in [0.25, 0.3) is 0 Å². The summed E-state index contributed by atoms with van der Waals surface area (Å²) in [7, 11) is 0. The van der Waals surface area contributed by atoms with Crippen molar-refractivity contribution in [2.75, 3.05) is 11.9 Å². The topological polar surface area (TPSA) is 82.2 Å². The summed E-state index contributed by atoms with van der Waals surface area (Å²) >= 11 is 3.39. The van der Waals surface area contributed by atoms with Crippen molar-refractivity contribution >= 4 is 39.9 Å². The van der Waals surface area contributed by atoms with Crippen molar-refractivity contribution in [2.45, 2.75) is 38.0 Å². The average molecular weight is 430 g/mol. The summed E-state index contributed by atoms with van der Waals surface area (Å²) in [5.74, 6) is -0.0971. The predicted molar refractivity (Wildman–Crippen MR) is 103 cm³/mol. The molecule has 0 radical (unpaired) electrons. The van der Waals surface area contributed by atoms with Gasteiger partial charge in [0.25, 0.3) is 5.91 Å². The molecule has 3 N–H and O–H groups in total. The summed E-state index contributed by atoms with van der Waals surface area (Å²) in [5.41, 5.74) is 7.55. The van der Waals surface area contributed by atoms with Crippen LogP contribution in [0.1, 0.15) is 18.4 Å². The Morgan fingerprint density at radius 1 is 1.36 bits per heavy atom. The van der Waals surface area contributed by atoms with E-state index < -0.39 is 6.10 Å². The molecule has 1 amide bonds. The quantitative estimate of drug-likeness (QED) is 0.740. The number of anilines is 1. The average Bonchev–Trinajstić information content (AvgIpc) is 3.23. The molecule has 25 heavy (non-hydrogen) atoms. The minimum absolute atomic E-state index is 0. The maximum atomic E-state index is 12.2. The number of rotatable bonds is 6. The summed E-state index contributed by atoms with van der Waals surface area (Å²) < 4.78 is 8.48. The molecule has 2 atom stereocenters. The number of ether oxygens (including phenoxy) is 1. The number of amides is 1. The van der Waals surface area contributed by atoms with Crippen LogP contribution in [0.15, 0.2) is 41.1 Å². The number of benzene rings is 1. The van der Waals surface area contributed by atoms with Crippen molar-refractivity contribution in [1.29, 1.82) is 0 Å². The van der Waals surface area contributed by atoms with Gasteiger partial charge in [0, 0.05) is 25.0 Å². The van der Waals surface area contributed by atoms with E-state index in [1.165, 1.54) is 5.56 Å². The largest absolute Gasteiger partial charge is 0.364 e. The third kappa shape index (κ3) is 5.54. The molecule has 6 nitrogen and oxygen atoms in total. The lowest BCUT2D eigenvalue weighted by Gasteiger charge is -2.13. The van der Waals surface area contributed by atoms with Gasteiger partial charge in [-0.15, -0.1) is 12.4 Å². The van der Waals surface area contributed by atoms with Crippen molar-refractivity contribution in [3.63, 3.8) is 0 Å². The fourth-order valence-corrected chi connectivity index (χ4v) is 3.08. The van der Waals surface area contributed by atoms with E-state index >= 15 is 0 Å². The molecule has 2 heterocycles. The Morgan fingerprint density at radius 3 is 2.72 bits per heavy atom. The SMILES string of the molecule is Cl.NC[C@H]1CC[C@@H](C(=O)Nc2ccc(CCn3cc(Br)cn3)cc2)O1. The molecule has 1 saturated heterocycles. The van der Waals surface area contributed by atoms with E-state index in [9.17, 15) is 4.79 Å². The number of carbonyl (C=O) groups is 1. The second-order valence-corrected chi connectivity index (χ2v) is 6.83. The van der Waals surface area contributed by atoms with E-state index in [0.29, 0.717) is 6.54 Å². The van der Waals surface area contributed by atoms with Crippen LogP contribution in [0.2, 0.25) is 0 Å². The number of nitrogens with zero attached hydrogens (tertiary/aromatic N) is 2. The highest BCUT2D eigenvalue weighted by molar-refractivity contribution is 9.10. The molecule has 1 aliphatic heterocycles. The molecule has 8 heteroatoms. The first kappa shape index (κ1) is 19.9. The summed E-state index contributed by atoms with van der Waals surface area (Å²) in [6.07, 6.45) is 5.79. The fraction of sp³-hybridized carbons (Fsp3) is 0.412. The molecule has 0 aliphatic carbocycles. The van der Waals surface area contributed by atoms with Crippen LogP contribution in [-0.2, 0) is 22.5 Å². The van der Waals surface area contributed by atoms with Crippen LogP contribution in [0.4, 0.5) is 5.69 Å². The molecule has 2 aromatic rings. The van der Waals surface area contributed by atoms with Gasteiger partial charge in [0.15, 0.2) is 0 Å². The van der Waals surface area contributed by atoms with Gasteiger partial charge in [-0.1, -0.05) is 12.1 Å². The Kier molecular flexibility index (Phi) is 7.43. The number of aromatic nitrogens is 2. The highest BCUT2D eigenvalue weighted by atomic mass is 79.9. The van der Waals surface area contributed by atoms with E-state index in [4.69, 9.17) is 10.5 Å². The second-order valence-electron chi connectivity index (χ2n) is 5.92. The molecule has 3 rings (SSSR count). The van der Waals surface area contributed by atoms with Gasteiger partial charge in [-0.25, -0.2) is 0 Å². The Labute approximate surface area is 161 Å². The van der Waals surface area contributed by atoms with Crippen LogP contribution in [0.3, 0.4) is 0 Å². The van der Waals surface area contributed by atoms with E-state index in [2.05, 4.69) is 26.3 Å². The first-order chi connectivity index (χ1) is 11.6. The molecule has 1 fully saturated rings. The summed E-state index contributed by atoms with van der Waals surface area (Å²) in [6.45, 7) is 1.28. The zero-order chi connectivity index (χ0) is 16.9. The van der Waals surface area contributed by atoms with E-state index in [1.807, 2.05) is 35.1 Å². The first-order valence-electron chi connectivity index (χ1n) is 8.07. The van der Waals surface area contributed by atoms with Gasteiger partial charge < -0.3 is 15.8 Å². The van der Waals surface area contributed by atoms with E-state index in [-0.39, 0.29) is 24.4 Å². The van der Waals surface area contributed by atoms with Crippen LogP contribution in [0, 0.1) is 0 Å². The summed E-state index contributed by atoms with van der Waals surface area (Å²) in [6, 6.07) is 7.88. The molecule has 1 aromatic carbocycles. The summed E-state index contributed by atoms with van der Waals surface area (Å²) in [4.78, 5) is 12.2. The molecule has 1 aromatic heterocycles. The third-order valence-corrected chi connectivity index (χ3v) is 4.53. The van der Waals surface area contributed by atoms with Crippen LogP contribution in [0.5, 0.6) is 0 Å². The lowest BCUT2D eigenvalue weighted by Crippen LogP contribution is -2.29. The van der Waals surface area contributed by atoms with Gasteiger partial charge >= 0.3 is 0 Å². The van der Waals surface area contributed by atoms with Gasteiger partial charge in [-0.05, 0) is 52.9 Å². The van der Waals surface area contributed by atoms with Crippen molar-refractivity contribution in [1.82, 2.24) is 9.78 Å². The zero-order valence-corrected chi connectivity index (χ0v) is 16.1. The number of hydrogen-bond donors (Lipinski definition) is 2. The highest BCUT2D eigenvalue weighted by Crippen LogP contribution is 2.20. The van der Waals surface area contributed by atoms with Crippen LogP contribution >= 0.6 is 28.3 Å². The van der Waals surface area contributed by atoms with Gasteiger partial charge in [0.1, 0.15) is 6.10 Å². The molecule has 0 unspecified atom stereocenters. The highest BCUT2D eigenvalue weighted by Gasteiger charge is 2.29. The number of carbonyl (C=O) groups excluding carboxylic acids is 1. The number of nitrogens with two attached hydrogens (primary N) is 1. The summed E-state index contributed by atoms with van der Waals surface area (Å²) in [5, 5.41) is 7.14. The van der Waals surface area contributed by atoms with Gasteiger partial charge in [-0.3, -0.25) is 9.48 Å². The van der Waals surface area contributed by atoms with Gasteiger partial charge in [0.2, 0.25) is 0 Å². The standard InChI is InChI=1S/C17H21BrN4O2.ClH/c18-13-10-20-22(11-13)8-7-12-1-3-14(4-2-12)21-17(23)16-6-5-15(9-19)24-16;/h1-4,10-11,15-16H,5-9,19H2,(H,21,23);1H/t15-,16+;/m1./s1. The Balaban J connectivity index is 0.00000225. The lowest BCUT2D eigenvalue weighted by atomic mass is 10.1. The third-order valence-electron chi connectivity index (χ3n) is 4.12. The molecule has 136 valence electrons. The van der Waals surface area contributed by atoms with Crippen molar-refractivity contribution in [3.05, 3.63) is 46.7 Å². The maximum Gasteiger partial charge on any atom is 0.253 e. The molecule has 0 spiro atoms. The zero-order valence-electron chi connectivity index (χ0n) is 13.7. The smallest absolute Gasteiger partial charge is 0.253 e. The Morgan fingerprint density at radius 2 is 2.12 bits per heavy atom. The molecule has 0 saturated carbocycles. The molecule has 0 bridgehead atoms.